The number of hydrogen-bond acceptors (Lipinski definition) is 4. The normalized spacial score (nSPS) is 10.5. The minimum absolute atomic E-state index is 0.132. The first-order chi connectivity index (χ1) is 8.19. The van der Waals surface area contributed by atoms with E-state index in [1.54, 1.807) is 23.9 Å². The van der Waals surface area contributed by atoms with Crippen LogP contribution in [-0.2, 0) is 6.54 Å². The molecule has 0 N–H and O–H groups in total. The van der Waals surface area contributed by atoms with Crippen molar-refractivity contribution < 1.29 is 13.9 Å². The number of carbonyl (C=O) groups is 1. The van der Waals surface area contributed by atoms with Crippen molar-refractivity contribution >= 4 is 5.78 Å². The number of aryl methyl sites for hydroxylation is 2. The molecule has 2 aromatic heterocycles. The standard InChI is InChI=1S/C12H14N2O3/c1-4-14-11(10(16-3)7-13-14)12(15)9-5-6-17-8(9)2/h5-7H,4H2,1-3H3. The minimum atomic E-state index is -0.132. The largest absolute Gasteiger partial charge is 0.493 e. The number of methoxy groups -OCH3 is 1. The maximum Gasteiger partial charge on any atom is 0.218 e. The summed E-state index contributed by atoms with van der Waals surface area (Å²) < 4.78 is 11.9. The molecule has 0 atom stereocenters. The fourth-order valence-electron chi connectivity index (χ4n) is 1.73. The highest BCUT2D eigenvalue weighted by Gasteiger charge is 2.22. The van der Waals surface area contributed by atoms with Gasteiger partial charge in [0.25, 0.3) is 0 Å². The van der Waals surface area contributed by atoms with Crippen molar-refractivity contribution in [2.45, 2.75) is 20.4 Å². The molecule has 2 heterocycles. The van der Waals surface area contributed by atoms with Crippen molar-refractivity contribution in [2.24, 2.45) is 0 Å². The van der Waals surface area contributed by atoms with Gasteiger partial charge in [0.15, 0.2) is 11.4 Å². The zero-order valence-corrected chi connectivity index (χ0v) is 10.1. The lowest BCUT2D eigenvalue weighted by Gasteiger charge is -2.05. The molecule has 0 spiro atoms. The topological polar surface area (TPSA) is 57.3 Å². The number of aromatic nitrogens is 2. The Kier molecular flexibility index (Phi) is 2.99. The van der Waals surface area contributed by atoms with E-state index in [2.05, 4.69) is 5.10 Å². The second-order valence-electron chi connectivity index (χ2n) is 3.60. The first-order valence-corrected chi connectivity index (χ1v) is 5.37. The van der Waals surface area contributed by atoms with Crippen LogP contribution in [0.4, 0.5) is 0 Å². The quantitative estimate of drug-likeness (QED) is 0.759. The monoisotopic (exact) mass is 234 g/mol. The van der Waals surface area contributed by atoms with Gasteiger partial charge in [0.1, 0.15) is 5.76 Å². The second-order valence-corrected chi connectivity index (χ2v) is 3.60. The summed E-state index contributed by atoms with van der Waals surface area (Å²) in [7, 11) is 1.52. The zero-order chi connectivity index (χ0) is 12.4. The Morgan fingerprint density at radius 3 is 2.88 bits per heavy atom. The molecular formula is C12H14N2O3. The van der Waals surface area contributed by atoms with Crippen LogP contribution < -0.4 is 4.74 Å². The molecule has 2 aromatic rings. The van der Waals surface area contributed by atoms with Crippen molar-refractivity contribution in [1.82, 2.24) is 9.78 Å². The average Bonchev–Trinajstić information content (AvgIpc) is 2.93. The predicted molar refractivity (Wildman–Crippen MR) is 61.3 cm³/mol. The Bertz CT molecular complexity index is 518. The maximum absolute atomic E-state index is 12.3. The molecule has 0 aliphatic rings. The van der Waals surface area contributed by atoms with Gasteiger partial charge in [-0.25, -0.2) is 0 Å². The van der Waals surface area contributed by atoms with Gasteiger partial charge in [-0.15, -0.1) is 0 Å². The first-order valence-electron chi connectivity index (χ1n) is 5.37. The molecule has 0 bridgehead atoms. The molecule has 2 rings (SSSR count). The predicted octanol–water partition coefficient (Wildman–Crippen LogP) is 2.04. The average molecular weight is 234 g/mol. The summed E-state index contributed by atoms with van der Waals surface area (Å²) in [5, 5.41) is 4.11. The number of ketones is 1. The van der Waals surface area contributed by atoms with E-state index in [-0.39, 0.29) is 5.78 Å². The van der Waals surface area contributed by atoms with Crippen molar-refractivity contribution in [3.63, 3.8) is 0 Å². The Balaban J connectivity index is 2.50. The molecule has 0 radical (unpaired) electrons. The van der Waals surface area contributed by atoms with Crippen LogP contribution in [0.3, 0.4) is 0 Å². The highest BCUT2D eigenvalue weighted by molar-refractivity contribution is 6.10. The third-order valence-electron chi connectivity index (χ3n) is 2.64. The van der Waals surface area contributed by atoms with E-state index >= 15 is 0 Å². The lowest BCUT2D eigenvalue weighted by atomic mass is 10.1. The SMILES string of the molecule is CCn1ncc(OC)c1C(=O)c1ccoc1C. The summed E-state index contributed by atoms with van der Waals surface area (Å²) in [6.07, 6.45) is 3.05. The third kappa shape index (κ3) is 1.84. The number of hydrogen-bond donors (Lipinski definition) is 0. The van der Waals surface area contributed by atoms with Crippen molar-refractivity contribution in [2.75, 3.05) is 7.11 Å². The summed E-state index contributed by atoms with van der Waals surface area (Å²) in [5.41, 5.74) is 0.998. The van der Waals surface area contributed by atoms with E-state index < -0.39 is 0 Å². The Labute approximate surface area is 99.0 Å². The van der Waals surface area contributed by atoms with Crippen LogP contribution in [0.25, 0.3) is 0 Å². The maximum atomic E-state index is 12.3. The van der Waals surface area contributed by atoms with Crippen molar-refractivity contribution in [3.05, 3.63) is 35.5 Å². The number of ether oxygens (including phenoxy) is 1. The smallest absolute Gasteiger partial charge is 0.218 e. The van der Waals surface area contributed by atoms with E-state index in [1.807, 2.05) is 6.92 Å². The fraction of sp³-hybridized carbons (Fsp3) is 0.333. The van der Waals surface area contributed by atoms with Gasteiger partial charge in [0.2, 0.25) is 5.78 Å². The van der Waals surface area contributed by atoms with Crippen LogP contribution in [0.15, 0.2) is 22.9 Å². The van der Waals surface area contributed by atoms with E-state index in [0.717, 1.165) is 0 Å². The molecule has 0 aromatic carbocycles. The van der Waals surface area contributed by atoms with Gasteiger partial charge in [0.05, 0.1) is 25.1 Å². The van der Waals surface area contributed by atoms with Crippen LogP contribution in [0, 0.1) is 6.92 Å². The van der Waals surface area contributed by atoms with Gasteiger partial charge >= 0.3 is 0 Å². The van der Waals surface area contributed by atoms with Crippen LogP contribution in [-0.4, -0.2) is 22.7 Å². The van der Waals surface area contributed by atoms with E-state index in [9.17, 15) is 4.79 Å². The Morgan fingerprint density at radius 1 is 1.59 bits per heavy atom. The van der Waals surface area contributed by atoms with Gasteiger partial charge < -0.3 is 9.15 Å². The van der Waals surface area contributed by atoms with E-state index in [1.165, 1.54) is 13.4 Å². The summed E-state index contributed by atoms with van der Waals surface area (Å²) >= 11 is 0. The summed E-state index contributed by atoms with van der Waals surface area (Å²) in [4.78, 5) is 12.3. The molecule has 90 valence electrons. The molecule has 0 saturated carbocycles. The van der Waals surface area contributed by atoms with Crippen molar-refractivity contribution in [3.8, 4) is 5.75 Å². The van der Waals surface area contributed by atoms with Gasteiger partial charge in [-0.2, -0.15) is 5.10 Å². The molecule has 5 nitrogen and oxygen atoms in total. The highest BCUT2D eigenvalue weighted by atomic mass is 16.5. The summed E-state index contributed by atoms with van der Waals surface area (Å²) in [5.74, 6) is 0.950. The third-order valence-corrected chi connectivity index (χ3v) is 2.64. The van der Waals surface area contributed by atoms with E-state index in [4.69, 9.17) is 9.15 Å². The van der Waals surface area contributed by atoms with Gasteiger partial charge in [-0.05, 0) is 19.9 Å². The molecule has 0 aliphatic carbocycles. The summed E-state index contributed by atoms with van der Waals surface area (Å²) in [6, 6.07) is 1.66. The van der Waals surface area contributed by atoms with Crippen LogP contribution >= 0.6 is 0 Å². The molecule has 0 aliphatic heterocycles. The van der Waals surface area contributed by atoms with Crippen LogP contribution in [0.5, 0.6) is 5.75 Å². The lowest BCUT2D eigenvalue weighted by molar-refractivity contribution is 0.102. The number of furan rings is 1. The molecule has 0 unspecified atom stereocenters. The highest BCUT2D eigenvalue weighted by Crippen LogP contribution is 2.23. The van der Waals surface area contributed by atoms with Crippen LogP contribution in [0.2, 0.25) is 0 Å². The Morgan fingerprint density at radius 2 is 2.35 bits per heavy atom. The summed E-state index contributed by atoms with van der Waals surface area (Å²) in [6.45, 7) is 4.29. The fourth-order valence-corrected chi connectivity index (χ4v) is 1.73. The number of carbonyl (C=O) groups excluding carboxylic acids is 1. The van der Waals surface area contributed by atoms with Crippen molar-refractivity contribution in [1.29, 1.82) is 0 Å². The molecule has 0 saturated heterocycles. The number of rotatable bonds is 4. The molecular weight excluding hydrogens is 220 g/mol. The zero-order valence-electron chi connectivity index (χ0n) is 10.1. The second kappa shape index (κ2) is 4.45. The Hall–Kier alpha value is -2.04. The molecule has 0 amide bonds. The van der Waals surface area contributed by atoms with Crippen LogP contribution in [0.1, 0.15) is 28.7 Å². The molecule has 0 fully saturated rings. The van der Waals surface area contributed by atoms with E-state index in [0.29, 0.717) is 29.3 Å². The molecule has 17 heavy (non-hydrogen) atoms. The minimum Gasteiger partial charge on any atom is -0.493 e. The lowest BCUT2D eigenvalue weighted by Crippen LogP contribution is -2.11. The van der Waals surface area contributed by atoms with Gasteiger partial charge in [-0.1, -0.05) is 0 Å². The van der Waals surface area contributed by atoms with Gasteiger partial charge in [0, 0.05) is 6.54 Å². The number of nitrogens with zero attached hydrogens (tertiary/aromatic N) is 2. The van der Waals surface area contributed by atoms with Gasteiger partial charge in [-0.3, -0.25) is 9.48 Å². The first kappa shape index (κ1) is 11.4. The molecule has 5 heteroatoms.